The number of hydrogen-bond donors (Lipinski definition) is 1. The summed E-state index contributed by atoms with van der Waals surface area (Å²) in [6.07, 6.45) is -0.239. The van der Waals surface area contributed by atoms with Gasteiger partial charge in [0.25, 0.3) is 11.8 Å². The van der Waals surface area contributed by atoms with Crippen molar-refractivity contribution in [3.8, 4) is 11.5 Å². The van der Waals surface area contributed by atoms with Crippen LogP contribution in [0.15, 0.2) is 42.5 Å². The van der Waals surface area contributed by atoms with Crippen LogP contribution < -0.4 is 19.8 Å². The number of hydrogen-bond acceptors (Lipinski definition) is 6. The number of imide groups is 1. The molecule has 0 radical (unpaired) electrons. The molecule has 1 aliphatic heterocycles. The lowest BCUT2D eigenvalue weighted by atomic mass is 10.1. The second kappa shape index (κ2) is 9.72. The Bertz CT molecular complexity index is 1080. The molecule has 3 rings (SSSR count). The SMILES string of the molecule is COc1ccc(C(=O)NN(C(=O)C(C)C)C2CC(=O)N(c3ccc(C)cc3)C2=O)cc1OC. The molecule has 2 aromatic carbocycles. The Labute approximate surface area is 192 Å². The summed E-state index contributed by atoms with van der Waals surface area (Å²) >= 11 is 0. The van der Waals surface area contributed by atoms with Gasteiger partial charge in [0.15, 0.2) is 11.5 Å². The van der Waals surface area contributed by atoms with Gasteiger partial charge in [-0.05, 0) is 37.3 Å². The number of nitrogens with zero attached hydrogens (tertiary/aromatic N) is 2. The van der Waals surface area contributed by atoms with E-state index in [4.69, 9.17) is 9.47 Å². The average Bonchev–Trinajstić information content (AvgIpc) is 3.10. The third-order valence-electron chi connectivity index (χ3n) is 5.33. The number of carbonyl (C=O) groups is 4. The number of nitrogens with one attached hydrogen (secondary N) is 1. The lowest BCUT2D eigenvalue weighted by Crippen LogP contribution is -2.55. The maximum Gasteiger partial charge on any atom is 0.270 e. The number of methoxy groups -OCH3 is 2. The van der Waals surface area contributed by atoms with Gasteiger partial charge in [0.1, 0.15) is 6.04 Å². The van der Waals surface area contributed by atoms with Crippen LogP contribution in [0.3, 0.4) is 0 Å². The summed E-state index contributed by atoms with van der Waals surface area (Å²) in [7, 11) is 2.92. The first-order chi connectivity index (χ1) is 15.7. The third-order valence-corrected chi connectivity index (χ3v) is 5.33. The van der Waals surface area contributed by atoms with Crippen molar-refractivity contribution in [1.29, 1.82) is 0 Å². The molecule has 0 bridgehead atoms. The number of benzene rings is 2. The zero-order valence-corrected chi connectivity index (χ0v) is 19.2. The van der Waals surface area contributed by atoms with Gasteiger partial charge in [0.05, 0.1) is 26.3 Å². The number of hydrazine groups is 1. The van der Waals surface area contributed by atoms with E-state index >= 15 is 0 Å². The normalized spacial score (nSPS) is 15.6. The lowest BCUT2D eigenvalue weighted by molar-refractivity contribution is -0.143. The predicted octanol–water partition coefficient (Wildman–Crippen LogP) is 2.47. The zero-order chi connectivity index (χ0) is 24.3. The van der Waals surface area contributed by atoms with Gasteiger partial charge >= 0.3 is 0 Å². The minimum absolute atomic E-state index is 0.196. The van der Waals surface area contributed by atoms with E-state index in [-0.39, 0.29) is 12.0 Å². The molecule has 33 heavy (non-hydrogen) atoms. The Morgan fingerprint density at radius 2 is 1.67 bits per heavy atom. The molecule has 1 N–H and O–H groups in total. The van der Waals surface area contributed by atoms with Crippen LogP contribution >= 0.6 is 0 Å². The molecule has 0 saturated carbocycles. The summed E-state index contributed by atoms with van der Waals surface area (Å²) in [6, 6.07) is 10.3. The molecule has 9 nitrogen and oxygen atoms in total. The van der Waals surface area contributed by atoms with Crippen molar-refractivity contribution in [2.45, 2.75) is 33.2 Å². The van der Waals surface area contributed by atoms with Crippen molar-refractivity contribution < 1.29 is 28.7 Å². The molecule has 1 unspecified atom stereocenters. The Kier molecular flexibility index (Phi) is 7.01. The third kappa shape index (κ3) is 4.82. The molecule has 0 spiro atoms. The average molecular weight is 453 g/mol. The van der Waals surface area contributed by atoms with Crippen LogP contribution in [0.25, 0.3) is 0 Å². The van der Waals surface area contributed by atoms with Gasteiger partial charge in [-0.1, -0.05) is 31.5 Å². The van der Waals surface area contributed by atoms with Crippen LogP contribution in [0.2, 0.25) is 0 Å². The van der Waals surface area contributed by atoms with Crippen molar-refractivity contribution in [3.63, 3.8) is 0 Å². The molecule has 1 atom stereocenters. The summed E-state index contributed by atoms with van der Waals surface area (Å²) < 4.78 is 10.4. The van der Waals surface area contributed by atoms with Gasteiger partial charge in [0.2, 0.25) is 11.8 Å². The topological polar surface area (TPSA) is 105 Å². The number of ether oxygens (including phenoxy) is 2. The number of amides is 4. The first-order valence-electron chi connectivity index (χ1n) is 10.5. The van der Waals surface area contributed by atoms with E-state index < -0.39 is 35.6 Å². The number of carbonyl (C=O) groups excluding carboxylic acids is 4. The minimum atomic E-state index is -1.15. The second-order valence-corrected chi connectivity index (χ2v) is 8.00. The summed E-state index contributed by atoms with van der Waals surface area (Å²) in [5, 5.41) is 0.970. The molecule has 0 aliphatic carbocycles. The fourth-order valence-corrected chi connectivity index (χ4v) is 3.50. The number of aryl methyl sites for hydroxylation is 1. The molecule has 4 amide bonds. The molecule has 1 aliphatic rings. The van der Waals surface area contributed by atoms with Crippen LogP contribution in [0.5, 0.6) is 11.5 Å². The standard InChI is InChI=1S/C24H27N3O6/c1-14(2)23(30)27(25-22(29)16-8-11-19(32-4)20(12-16)33-5)18-13-21(28)26(24(18)31)17-9-6-15(3)7-10-17/h6-12,14,18H,13H2,1-5H3,(H,25,29). The van der Waals surface area contributed by atoms with Gasteiger partial charge in [-0.2, -0.15) is 0 Å². The van der Waals surface area contributed by atoms with Crippen molar-refractivity contribution in [2.24, 2.45) is 5.92 Å². The zero-order valence-electron chi connectivity index (χ0n) is 19.2. The Hall–Kier alpha value is -3.88. The van der Waals surface area contributed by atoms with E-state index in [1.54, 1.807) is 44.2 Å². The highest BCUT2D eigenvalue weighted by atomic mass is 16.5. The molecule has 1 heterocycles. The van der Waals surface area contributed by atoms with Crippen LogP contribution in [-0.4, -0.2) is 48.9 Å². The Balaban J connectivity index is 1.90. The maximum atomic E-state index is 13.2. The van der Waals surface area contributed by atoms with Crippen molar-refractivity contribution in [3.05, 3.63) is 53.6 Å². The summed E-state index contributed by atoms with van der Waals surface area (Å²) in [6.45, 7) is 5.20. The quantitative estimate of drug-likeness (QED) is 0.532. The Morgan fingerprint density at radius 3 is 2.24 bits per heavy atom. The fourth-order valence-electron chi connectivity index (χ4n) is 3.50. The second-order valence-electron chi connectivity index (χ2n) is 8.00. The van der Waals surface area contributed by atoms with Crippen molar-refractivity contribution >= 4 is 29.3 Å². The van der Waals surface area contributed by atoms with E-state index in [9.17, 15) is 19.2 Å². The molecule has 2 aromatic rings. The van der Waals surface area contributed by atoms with E-state index in [1.807, 2.05) is 6.92 Å². The highest BCUT2D eigenvalue weighted by Gasteiger charge is 2.45. The van der Waals surface area contributed by atoms with E-state index in [0.29, 0.717) is 17.2 Å². The van der Waals surface area contributed by atoms with E-state index in [0.717, 1.165) is 15.5 Å². The van der Waals surface area contributed by atoms with Gasteiger partial charge in [-0.25, -0.2) is 9.91 Å². The first kappa shape index (κ1) is 23.8. The summed E-state index contributed by atoms with van der Waals surface area (Å²) in [4.78, 5) is 52.9. The Morgan fingerprint density at radius 1 is 1.03 bits per heavy atom. The molecular formula is C24H27N3O6. The molecule has 1 saturated heterocycles. The van der Waals surface area contributed by atoms with Crippen molar-refractivity contribution in [1.82, 2.24) is 10.4 Å². The monoisotopic (exact) mass is 453 g/mol. The fraction of sp³-hybridized carbons (Fsp3) is 0.333. The number of rotatable bonds is 6. The van der Waals surface area contributed by atoms with Crippen LogP contribution in [0.4, 0.5) is 5.69 Å². The molecule has 0 aromatic heterocycles. The smallest absolute Gasteiger partial charge is 0.270 e. The minimum Gasteiger partial charge on any atom is -0.493 e. The maximum absolute atomic E-state index is 13.2. The molecule has 9 heteroatoms. The lowest BCUT2D eigenvalue weighted by Gasteiger charge is -2.29. The van der Waals surface area contributed by atoms with Crippen LogP contribution in [0.1, 0.15) is 36.2 Å². The van der Waals surface area contributed by atoms with Crippen LogP contribution in [0, 0.1) is 12.8 Å². The number of anilines is 1. The largest absolute Gasteiger partial charge is 0.493 e. The highest BCUT2D eigenvalue weighted by Crippen LogP contribution is 2.29. The molecular weight excluding hydrogens is 426 g/mol. The predicted molar refractivity (Wildman–Crippen MR) is 121 cm³/mol. The van der Waals surface area contributed by atoms with Gasteiger partial charge in [0, 0.05) is 11.5 Å². The molecule has 1 fully saturated rings. The van der Waals surface area contributed by atoms with Gasteiger partial charge < -0.3 is 9.47 Å². The van der Waals surface area contributed by atoms with E-state index in [1.165, 1.54) is 26.4 Å². The highest BCUT2D eigenvalue weighted by molar-refractivity contribution is 6.23. The summed E-state index contributed by atoms with van der Waals surface area (Å²) in [5.41, 5.74) is 4.12. The van der Waals surface area contributed by atoms with Gasteiger partial charge in [-0.3, -0.25) is 24.6 Å². The van der Waals surface area contributed by atoms with Crippen LogP contribution in [-0.2, 0) is 14.4 Å². The summed E-state index contributed by atoms with van der Waals surface area (Å²) in [5.74, 6) is -1.88. The van der Waals surface area contributed by atoms with E-state index in [2.05, 4.69) is 5.43 Å². The van der Waals surface area contributed by atoms with Crippen molar-refractivity contribution in [2.75, 3.05) is 19.1 Å². The van der Waals surface area contributed by atoms with Gasteiger partial charge in [-0.15, -0.1) is 0 Å². The molecule has 174 valence electrons. The first-order valence-corrected chi connectivity index (χ1v) is 10.5.